The van der Waals surface area contributed by atoms with E-state index < -0.39 is 17.0 Å². The minimum atomic E-state index is -0.791. The number of nitrogens with zero attached hydrogens (tertiary/aromatic N) is 1. The summed E-state index contributed by atoms with van der Waals surface area (Å²) in [5, 5.41) is 2.39. The average Bonchev–Trinajstić information content (AvgIpc) is 3.02. The molecule has 0 aliphatic carbocycles. The van der Waals surface area contributed by atoms with E-state index in [1.807, 2.05) is 6.92 Å². The predicted molar refractivity (Wildman–Crippen MR) is 104 cm³/mol. The number of anilines is 2. The van der Waals surface area contributed by atoms with Gasteiger partial charge >= 0.3 is 0 Å². The molecule has 1 N–H and O–H groups in total. The highest BCUT2D eigenvalue weighted by Crippen LogP contribution is 2.44. The lowest BCUT2D eigenvalue weighted by Gasteiger charge is -2.26. The summed E-state index contributed by atoms with van der Waals surface area (Å²) in [5.74, 6) is -1.67. The number of thioether (sulfide) groups is 1. The number of carbonyl (C=O) groups is 2. The molecule has 0 unspecified atom stereocenters. The van der Waals surface area contributed by atoms with Gasteiger partial charge in [0.05, 0.1) is 11.4 Å². The number of hydrogen-bond acceptors (Lipinski definition) is 3. The molecule has 1 aliphatic rings. The van der Waals surface area contributed by atoms with E-state index in [0.29, 0.717) is 17.7 Å². The maximum Gasteiger partial charge on any atom is 0.238 e. The minimum Gasteiger partial charge on any atom is -0.326 e. The molecular weight excluding hydrogens is 370 g/mol. The molecule has 27 heavy (non-hydrogen) atoms. The first-order valence-electron chi connectivity index (χ1n) is 8.78. The van der Waals surface area contributed by atoms with E-state index in [2.05, 4.69) is 5.32 Å². The van der Waals surface area contributed by atoms with Crippen molar-refractivity contribution in [2.45, 2.75) is 31.6 Å². The number of halogens is 2. The zero-order valence-corrected chi connectivity index (χ0v) is 15.7. The highest BCUT2D eigenvalue weighted by Gasteiger charge is 2.36. The molecule has 0 spiro atoms. The van der Waals surface area contributed by atoms with Crippen LogP contribution in [0.4, 0.5) is 20.2 Å². The standard InChI is InChI=1S/C20H20F2N2O2S/c1-2-3-8-18(25)23-16-7-5-4-6-14(16)20-24(19(26)12-27-20)17-10-9-13(21)11-15(17)22/h4-7,9-11,20H,2-3,8,12H2,1H3,(H,23,25)/t20-/m0/s1. The Morgan fingerprint density at radius 1 is 1.26 bits per heavy atom. The fourth-order valence-corrected chi connectivity index (χ4v) is 4.17. The van der Waals surface area contributed by atoms with E-state index in [4.69, 9.17) is 0 Å². The summed E-state index contributed by atoms with van der Waals surface area (Å²) in [7, 11) is 0. The van der Waals surface area contributed by atoms with E-state index in [1.54, 1.807) is 24.3 Å². The van der Waals surface area contributed by atoms with Crippen LogP contribution >= 0.6 is 11.8 Å². The number of benzene rings is 2. The quantitative estimate of drug-likeness (QED) is 0.765. The lowest BCUT2D eigenvalue weighted by Crippen LogP contribution is -2.29. The Hall–Kier alpha value is -2.41. The molecule has 142 valence electrons. The summed E-state index contributed by atoms with van der Waals surface area (Å²) in [6, 6.07) is 10.3. The Morgan fingerprint density at radius 3 is 2.78 bits per heavy atom. The first kappa shape index (κ1) is 19.4. The van der Waals surface area contributed by atoms with Gasteiger partial charge in [0.1, 0.15) is 17.0 Å². The largest absolute Gasteiger partial charge is 0.326 e. The van der Waals surface area contributed by atoms with Crippen LogP contribution in [0.15, 0.2) is 42.5 Å². The lowest BCUT2D eigenvalue weighted by atomic mass is 10.1. The van der Waals surface area contributed by atoms with E-state index in [9.17, 15) is 18.4 Å². The highest BCUT2D eigenvalue weighted by atomic mass is 32.2. The fraction of sp³-hybridized carbons (Fsp3) is 0.300. The lowest BCUT2D eigenvalue weighted by molar-refractivity contribution is -0.116. The smallest absolute Gasteiger partial charge is 0.238 e. The molecular formula is C20H20F2N2O2S. The van der Waals surface area contributed by atoms with Crippen molar-refractivity contribution in [3.63, 3.8) is 0 Å². The maximum atomic E-state index is 14.3. The fourth-order valence-electron chi connectivity index (χ4n) is 2.97. The molecule has 1 atom stereocenters. The van der Waals surface area contributed by atoms with Gasteiger partial charge in [0, 0.05) is 23.7 Å². The van der Waals surface area contributed by atoms with Gasteiger partial charge in [-0.25, -0.2) is 8.78 Å². The third-order valence-corrected chi connectivity index (χ3v) is 5.49. The van der Waals surface area contributed by atoms with Crippen molar-refractivity contribution in [2.24, 2.45) is 0 Å². The number of unbranched alkanes of at least 4 members (excludes halogenated alkanes) is 1. The van der Waals surface area contributed by atoms with Crippen LogP contribution in [0, 0.1) is 11.6 Å². The van der Waals surface area contributed by atoms with Gasteiger partial charge in [-0.2, -0.15) is 0 Å². The van der Waals surface area contributed by atoms with Crippen LogP contribution in [0.5, 0.6) is 0 Å². The van der Waals surface area contributed by atoms with Crippen LogP contribution in [0.1, 0.15) is 37.1 Å². The third kappa shape index (κ3) is 4.30. The van der Waals surface area contributed by atoms with Crippen molar-refractivity contribution in [1.82, 2.24) is 0 Å². The molecule has 0 aromatic heterocycles. The second kappa shape index (κ2) is 8.52. The highest BCUT2D eigenvalue weighted by molar-refractivity contribution is 8.00. The van der Waals surface area contributed by atoms with Crippen molar-refractivity contribution >= 4 is 35.0 Å². The number of para-hydroxylation sites is 1. The molecule has 1 saturated heterocycles. The summed E-state index contributed by atoms with van der Waals surface area (Å²) < 4.78 is 27.6. The monoisotopic (exact) mass is 390 g/mol. The molecule has 3 rings (SSSR count). The van der Waals surface area contributed by atoms with Gasteiger partial charge in [0.15, 0.2) is 0 Å². The van der Waals surface area contributed by atoms with Crippen LogP contribution in [-0.4, -0.2) is 17.6 Å². The second-order valence-corrected chi connectivity index (χ2v) is 7.33. The zero-order valence-electron chi connectivity index (χ0n) is 14.9. The summed E-state index contributed by atoms with van der Waals surface area (Å²) in [6.07, 6.45) is 2.12. The molecule has 0 bridgehead atoms. The Morgan fingerprint density at radius 2 is 2.04 bits per heavy atom. The number of rotatable bonds is 6. The summed E-state index contributed by atoms with van der Waals surface area (Å²) in [5.41, 5.74) is 1.34. The number of nitrogens with one attached hydrogen (secondary N) is 1. The molecule has 0 radical (unpaired) electrons. The van der Waals surface area contributed by atoms with Crippen LogP contribution in [0.2, 0.25) is 0 Å². The Labute approximate surface area is 160 Å². The van der Waals surface area contributed by atoms with Gasteiger partial charge in [0.2, 0.25) is 11.8 Å². The molecule has 7 heteroatoms. The molecule has 2 aromatic carbocycles. The maximum absolute atomic E-state index is 14.3. The topological polar surface area (TPSA) is 49.4 Å². The van der Waals surface area contributed by atoms with Crippen LogP contribution in [0.3, 0.4) is 0 Å². The van der Waals surface area contributed by atoms with Crippen LogP contribution in [-0.2, 0) is 9.59 Å². The SMILES string of the molecule is CCCCC(=O)Nc1ccccc1[C@@H]1SCC(=O)N1c1ccc(F)cc1F. The summed E-state index contributed by atoms with van der Waals surface area (Å²) in [4.78, 5) is 25.9. The average molecular weight is 390 g/mol. The summed E-state index contributed by atoms with van der Waals surface area (Å²) in [6.45, 7) is 2.01. The third-order valence-electron chi connectivity index (χ3n) is 4.30. The van der Waals surface area contributed by atoms with Crippen molar-refractivity contribution < 1.29 is 18.4 Å². The first-order chi connectivity index (χ1) is 13.0. The van der Waals surface area contributed by atoms with E-state index in [-0.39, 0.29) is 23.3 Å². The Bertz CT molecular complexity index is 860. The zero-order chi connectivity index (χ0) is 19.4. The molecule has 0 saturated carbocycles. The van der Waals surface area contributed by atoms with Gasteiger partial charge < -0.3 is 5.32 Å². The predicted octanol–water partition coefficient (Wildman–Crippen LogP) is 4.87. The van der Waals surface area contributed by atoms with Crippen molar-refractivity contribution in [3.8, 4) is 0 Å². The molecule has 1 aliphatic heterocycles. The van der Waals surface area contributed by atoms with Gasteiger partial charge in [-0.3, -0.25) is 14.5 Å². The van der Waals surface area contributed by atoms with E-state index >= 15 is 0 Å². The summed E-state index contributed by atoms with van der Waals surface area (Å²) >= 11 is 1.34. The number of amides is 2. The van der Waals surface area contributed by atoms with Crippen molar-refractivity contribution in [2.75, 3.05) is 16.0 Å². The van der Waals surface area contributed by atoms with Crippen LogP contribution in [0.25, 0.3) is 0 Å². The Kier molecular flexibility index (Phi) is 6.11. The van der Waals surface area contributed by atoms with Gasteiger partial charge in [0.25, 0.3) is 0 Å². The molecule has 1 heterocycles. The van der Waals surface area contributed by atoms with E-state index in [1.165, 1.54) is 22.7 Å². The van der Waals surface area contributed by atoms with Crippen molar-refractivity contribution in [1.29, 1.82) is 0 Å². The molecule has 1 fully saturated rings. The second-order valence-electron chi connectivity index (χ2n) is 6.26. The van der Waals surface area contributed by atoms with Gasteiger partial charge in [-0.15, -0.1) is 11.8 Å². The number of hydrogen-bond donors (Lipinski definition) is 1. The van der Waals surface area contributed by atoms with Crippen molar-refractivity contribution in [3.05, 3.63) is 59.7 Å². The Balaban J connectivity index is 1.93. The van der Waals surface area contributed by atoms with Gasteiger partial charge in [-0.05, 0) is 24.6 Å². The molecule has 4 nitrogen and oxygen atoms in total. The molecule has 2 amide bonds. The van der Waals surface area contributed by atoms with Gasteiger partial charge in [-0.1, -0.05) is 31.5 Å². The first-order valence-corrected chi connectivity index (χ1v) is 9.83. The van der Waals surface area contributed by atoms with E-state index in [0.717, 1.165) is 25.0 Å². The number of carbonyl (C=O) groups excluding carboxylic acids is 2. The van der Waals surface area contributed by atoms with Crippen LogP contribution < -0.4 is 10.2 Å². The minimum absolute atomic E-state index is 0.0310. The normalized spacial score (nSPS) is 16.6. The molecule has 2 aromatic rings.